The molecule has 2 heterocycles. The molecule has 1 amide bonds. The number of carbonyl (C=O) groups excluding carboxylic acids is 1. The Morgan fingerprint density at radius 1 is 1.08 bits per heavy atom. The van der Waals surface area contributed by atoms with Crippen LogP contribution in [0.5, 0.6) is 0 Å². The fourth-order valence-electron chi connectivity index (χ4n) is 4.47. The third-order valence-electron chi connectivity index (χ3n) is 6.52. The highest BCUT2D eigenvalue weighted by Gasteiger charge is 2.26. The van der Waals surface area contributed by atoms with E-state index in [4.69, 9.17) is 0 Å². The molecule has 5 N–H and O–H groups in total. The molecule has 12 heteroatoms. The van der Waals surface area contributed by atoms with Crippen molar-refractivity contribution < 1.29 is 23.1 Å². The number of hydrogen-bond acceptors (Lipinski definition) is 8. The first-order valence-electron chi connectivity index (χ1n) is 12.8. The van der Waals surface area contributed by atoms with E-state index in [0.29, 0.717) is 5.56 Å². The Morgan fingerprint density at radius 3 is 2.53 bits per heavy atom. The first kappa shape index (κ1) is 27.4. The van der Waals surface area contributed by atoms with Gasteiger partial charge in [-0.15, -0.1) is 0 Å². The van der Waals surface area contributed by atoms with Crippen molar-refractivity contribution in [2.24, 2.45) is 4.99 Å². The molecule has 0 aliphatic carbocycles. The molecule has 1 fully saturated rings. The van der Waals surface area contributed by atoms with Crippen molar-refractivity contribution in [2.75, 3.05) is 37.6 Å². The van der Waals surface area contributed by atoms with Crippen molar-refractivity contribution in [3.63, 3.8) is 0 Å². The number of aliphatic carboxylic acids is 1. The van der Waals surface area contributed by atoms with Crippen molar-refractivity contribution in [1.29, 1.82) is 0 Å². The van der Waals surface area contributed by atoms with Gasteiger partial charge in [-0.2, -0.15) is 4.72 Å². The normalized spacial score (nSPS) is 18.9. The lowest BCUT2D eigenvalue weighted by Gasteiger charge is -2.29. The van der Waals surface area contributed by atoms with E-state index in [-0.39, 0.29) is 10.9 Å². The maximum Gasteiger partial charge on any atom is 0.323 e. The minimum atomic E-state index is -4.06. The topological polar surface area (TPSA) is 152 Å². The largest absolute Gasteiger partial charge is 0.480 e. The van der Waals surface area contributed by atoms with Crippen LogP contribution in [-0.4, -0.2) is 76.2 Å². The molecular weight excluding hydrogens is 508 g/mol. The van der Waals surface area contributed by atoms with Gasteiger partial charge in [0.05, 0.1) is 4.90 Å². The highest BCUT2D eigenvalue weighted by atomic mass is 32.2. The summed E-state index contributed by atoms with van der Waals surface area (Å²) < 4.78 is 27.1. The SMILES string of the molecule is O=C(NCC(NS(=O)(=O)c1ccccc1)C(=O)O)c1ccc(N2CCCCC(NC3=NCCCN3)C2)cc1. The zero-order valence-corrected chi connectivity index (χ0v) is 21.9. The van der Waals surface area contributed by atoms with Gasteiger partial charge in [-0.3, -0.25) is 14.6 Å². The second kappa shape index (κ2) is 12.7. The molecule has 2 aliphatic heterocycles. The maximum absolute atomic E-state index is 12.7. The van der Waals surface area contributed by atoms with Gasteiger partial charge in [0, 0.05) is 50.0 Å². The molecule has 204 valence electrons. The number of carboxylic acid groups (broad SMARTS) is 1. The van der Waals surface area contributed by atoms with Gasteiger partial charge >= 0.3 is 5.97 Å². The zero-order chi connectivity index (χ0) is 27.0. The van der Waals surface area contributed by atoms with E-state index in [1.54, 1.807) is 30.3 Å². The van der Waals surface area contributed by atoms with Crippen LogP contribution in [0.25, 0.3) is 0 Å². The zero-order valence-electron chi connectivity index (χ0n) is 21.1. The number of hydrogen-bond donors (Lipinski definition) is 5. The monoisotopic (exact) mass is 542 g/mol. The number of anilines is 1. The summed E-state index contributed by atoms with van der Waals surface area (Å²) in [5.74, 6) is -1.02. The minimum Gasteiger partial charge on any atom is -0.480 e. The lowest BCUT2D eigenvalue weighted by Crippen LogP contribution is -2.49. The summed E-state index contributed by atoms with van der Waals surface area (Å²) in [6.45, 7) is 3.08. The molecule has 38 heavy (non-hydrogen) atoms. The molecule has 0 bridgehead atoms. The third kappa shape index (κ3) is 7.45. The van der Waals surface area contributed by atoms with Gasteiger partial charge in [0.15, 0.2) is 5.96 Å². The average molecular weight is 543 g/mol. The van der Waals surface area contributed by atoms with E-state index < -0.39 is 34.5 Å². The van der Waals surface area contributed by atoms with Crippen molar-refractivity contribution in [1.82, 2.24) is 20.7 Å². The molecule has 2 aromatic rings. The predicted molar refractivity (Wildman–Crippen MR) is 145 cm³/mol. The molecule has 0 radical (unpaired) electrons. The number of aliphatic imine (C=N–C) groups is 1. The Labute approximate surface area is 222 Å². The molecular formula is C26H34N6O5S. The number of nitrogens with zero attached hydrogens (tertiary/aromatic N) is 2. The van der Waals surface area contributed by atoms with Crippen molar-refractivity contribution in [3.8, 4) is 0 Å². The van der Waals surface area contributed by atoms with Crippen LogP contribution in [0.2, 0.25) is 0 Å². The van der Waals surface area contributed by atoms with Crippen molar-refractivity contribution >= 4 is 33.5 Å². The summed E-state index contributed by atoms with van der Waals surface area (Å²) in [6.07, 6.45) is 4.27. The second-order valence-corrected chi connectivity index (χ2v) is 11.1. The van der Waals surface area contributed by atoms with Gasteiger partial charge in [-0.05, 0) is 62.1 Å². The second-order valence-electron chi connectivity index (χ2n) is 9.38. The molecule has 2 atom stereocenters. The highest BCUT2D eigenvalue weighted by Crippen LogP contribution is 2.20. The molecule has 0 spiro atoms. The van der Waals surface area contributed by atoms with Crippen LogP contribution in [0.1, 0.15) is 36.0 Å². The first-order valence-corrected chi connectivity index (χ1v) is 14.3. The summed E-state index contributed by atoms with van der Waals surface area (Å²) in [5, 5.41) is 18.9. The Kier molecular flexibility index (Phi) is 9.19. The summed E-state index contributed by atoms with van der Waals surface area (Å²) in [5.41, 5.74) is 1.35. The number of rotatable bonds is 9. The van der Waals surface area contributed by atoms with E-state index >= 15 is 0 Å². The number of amides is 1. The molecule has 2 aliphatic rings. The van der Waals surface area contributed by atoms with Crippen LogP contribution in [0.15, 0.2) is 64.5 Å². The van der Waals surface area contributed by atoms with Crippen LogP contribution in [0.4, 0.5) is 5.69 Å². The Morgan fingerprint density at radius 2 is 1.84 bits per heavy atom. The lowest BCUT2D eigenvalue weighted by atomic mass is 10.1. The molecule has 2 aromatic carbocycles. The molecule has 0 aromatic heterocycles. The quantitative estimate of drug-likeness (QED) is 0.316. The van der Waals surface area contributed by atoms with Crippen LogP contribution >= 0.6 is 0 Å². The van der Waals surface area contributed by atoms with Crippen LogP contribution in [0, 0.1) is 0 Å². The molecule has 0 saturated carbocycles. The Bertz CT molecular complexity index is 1240. The summed E-state index contributed by atoms with van der Waals surface area (Å²) in [6, 6.07) is 13.3. The van der Waals surface area contributed by atoms with Gasteiger partial charge < -0.3 is 26.0 Å². The van der Waals surface area contributed by atoms with E-state index in [0.717, 1.165) is 63.5 Å². The van der Waals surface area contributed by atoms with Gasteiger partial charge in [0.25, 0.3) is 5.91 Å². The van der Waals surface area contributed by atoms with Gasteiger partial charge in [-0.1, -0.05) is 18.2 Å². The van der Waals surface area contributed by atoms with Crippen molar-refractivity contribution in [3.05, 3.63) is 60.2 Å². The smallest absolute Gasteiger partial charge is 0.323 e. The predicted octanol–water partition coefficient (Wildman–Crippen LogP) is 1.15. The number of carboxylic acids is 1. The number of nitrogens with one attached hydrogen (secondary N) is 4. The Balaban J connectivity index is 1.34. The van der Waals surface area contributed by atoms with Crippen LogP contribution in [-0.2, 0) is 14.8 Å². The van der Waals surface area contributed by atoms with Crippen LogP contribution < -0.4 is 25.6 Å². The lowest BCUT2D eigenvalue weighted by molar-refractivity contribution is -0.138. The molecule has 11 nitrogen and oxygen atoms in total. The number of guanidine groups is 1. The standard InChI is InChI=1S/C26H34N6O5S/c33-24(29-17-23(25(34)35)31-38(36,37)22-8-2-1-3-9-22)19-10-12-21(13-11-19)32-16-5-4-7-20(18-32)30-26-27-14-6-15-28-26/h1-3,8-13,20,23,31H,4-7,14-18H2,(H,29,33)(H,34,35)(H2,27,28,30). The summed E-state index contributed by atoms with van der Waals surface area (Å²) >= 11 is 0. The fraction of sp³-hybridized carbons (Fsp3) is 0.423. The number of sulfonamides is 1. The summed E-state index contributed by atoms with van der Waals surface area (Å²) in [7, 11) is -4.06. The van der Waals surface area contributed by atoms with Crippen LogP contribution in [0.3, 0.4) is 0 Å². The van der Waals surface area contributed by atoms with E-state index in [2.05, 4.69) is 30.6 Å². The molecule has 4 rings (SSSR count). The minimum absolute atomic E-state index is 0.0536. The third-order valence-corrected chi connectivity index (χ3v) is 8.01. The number of carbonyl (C=O) groups is 2. The van der Waals surface area contributed by atoms with E-state index in [9.17, 15) is 23.1 Å². The molecule has 2 unspecified atom stereocenters. The maximum atomic E-state index is 12.7. The van der Waals surface area contributed by atoms with Gasteiger partial charge in [-0.25, -0.2) is 8.42 Å². The highest BCUT2D eigenvalue weighted by molar-refractivity contribution is 7.89. The first-order chi connectivity index (χ1) is 18.3. The average Bonchev–Trinajstić information content (AvgIpc) is 3.17. The molecule has 1 saturated heterocycles. The Hall–Kier alpha value is -3.64. The van der Waals surface area contributed by atoms with Gasteiger partial charge in [0.1, 0.15) is 6.04 Å². The van der Waals surface area contributed by atoms with E-state index in [1.807, 2.05) is 12.1 Å². The van der Waals surface area contributed by atoms with Gasteiger partial charge in [0.2, 0.25) is 10.0 Å². The van der Waals surface area contributed by atoms with Crippen molar-refractivity contribution in [2.45, 2.75) is 42.7 Å². The fourth-order valence-corrected chi connectivity index (χ4v) is 5.68. The number of benzene rings is 2. The summed E-state index contributed by atoms with van der Waals surface area (Å²) in [4.78, 5) is 31.1. The van der Waals surface area contributed by atoms with E-state index in [1.165, 1.54) is 12.1 Å².